The van der Waals surface area contributed by atoms with E-state index in [0.717, 1.165) is 11.3 Å². The number of ether oxygens (including phenoxy) is 2. The normalized spacial score (nSPS) is 12.8. The van der Waals surface area contributed by atoms with Gasteiger partial charge in [0, 0.05) is 0 Å². The Morgan fingerprint density at radius 3 is 2.71 bits per heavy atom. The lowest BCUT2D eigenvalue weighted by Gasteiger charge is -2.20. The molecule has 21 heavy (non-hydrogen) atoms. The number of hydrogen-bond donors (Lipinski definition) is 2. The highest BCUT2D eigenvalue weighted by atomic mass is 32.1. The molecular weight excluding hydrogens is 294 g/mol. The first-order valence-corrected chi connectivity index (χ1v) is 7.00. The standard InChI is InChI=1S/C14H11NO5S/c16-13(15-11-5-4-10(21-11)14(17)18)8-2-1-3-9-12(8)20-7-6-19-9/h1-5H,6-7H2,(H,15,16)(H,17,18). The van der Waals surface area contributed by atoms with Crippen molar-refractivity contribution in [1.82, 2.24) is 0 Å². The van der Waals surface area contributed by atoms with Gasteiger partial charge in [-0.25, -0.2) is 4.79 Å². The number of benzene rings is 1. The predicted octanol–water partition coefficient (Wildman–Crippen LogP) is 2.47. The van der Waals surface area contributed by atoms with Crippen LogP contribution in [0.5, 0.6) is 11.5 Å². The Morgan fingerprint density at radius 2 is 1.95 bits per heavy atom. The highest BCUT2D eigenvalue weighted by Gasteiger charge is 2.21. The summed E-state index contributed by atoms with van der Waals surface area (Å²) in [5.41, 5.74) is 0.359. The summed E-state index contributed by atoms with van der Waals surface area (Å²) in [4.78, 5) is 23.3. The average molecular weight is 305 g/mol. The zero-order chi connectivity index (χ0) is 14.8. The van der Waals surface area contributed by atoms with Gasteiger partial charge < -0.3 is 19.9 Å². The topological polar surface area (TPSA) is 84.9 Å². The summed E-state index contributed by atoms with van der Waals surface area (Å²) in [6.07, 6.45) is 0. The lowest BCUT2D eigenvalue weighted by Crippen LogP contribution is -2.19. The van der Waals surface area contributed by atoms with E-state index in [0.29, 0.717) is 35.3 Å². The molecule has 2 heterocycles. The van der Waals surface area contributed by atoms with Gasteiger partial charge in [0.25, 0.3) is 5.91 Å². The van der Waals surface area contributed by atoms with Crippen LogP contribution in [0.4, 0.5) is 5.00 Å². The molecule has 1 aromatic heterocycles. The zero-order valence-corrected chi connectivity index (χ0v) is 11.6. The molecule has 0 aliphatic carbocycles. The number of thiophene rings is 1. The van der Waals surface area contributed by atoms with E-state index in [2.05, 4.69) is 5.32 Å². The second-order valence-electron chi connectivity index (χ2n) is 4.25. The van der Waals surface area contributed by atoms with Gasteiger partial charge in [0.1, 0.15) is 18.1 Å². The average Bonchev–Trinajstić information content (AvgIpc) is 2.95. The van der Waals surface area contributed by atoms with E-state index in [1.54, 1.807) is 24.3 Å². The molecule has 0 saturated carbocycles. The SMILES string of the molecule is O=C(O)c1ccc(NC(=O)c2cccc3c2OCCO3)s1. The molecule has 6 nitrogen and oxygen atoms in total. The Hall–Kier alpha value is -2.54. The summed E-state index contributed by atoms with van der Waals surface area (Å²) in [7, 11) is 0. The summed E-state index contributed by atoms with van der Waals surface area (Å²) in [5.74, 6) is -0.437. The third-order valence-corrected chi connectivity index (χ3v) is 3.85. The fraction of sp³-hybridized carbons (Fsp3) is 0.143. The molecule has 3 rings (SSSR count). The number of carboxylic acid groups (broad SMARTS) is 1. The van der Waals surface area contributed by atoms with E-state index in [1.165, 1.54) is 6.07 Å². The van der Waals surface area contributed by atoms with E-state index in [4.69, 9.17) is 14.6 Å². The Labute approximate surface area is 123 Å². The maximum absolute atomic E-state index is 12.3. The van der Waals surface area contributed by atoms with Crippen molar-refractivity contribution in [2.24, 2.45) is 0 Å². The van der Waals surface area contributed by atoms with Crippen LogP contribution in [0.1, 0.15) is 20.0 Å². The molecule has 0 unspecified atom stereocenters. The first-order chi connectivity index (χ1) is 10.1. The number of amides is 1. The van der Waals surface area contributed by atoms with Gasteiger partial charge in [0.15, 0.2) is 11.5 Å². The van der Waals surface area contributed by atoms with Crippen LogP contribution in [0.25, 0.3) is 0 Å². The van der Waals surface area contributed by atoms with Gasteiger partial charge in [0.05, 0.1) is 10.6 Å². The van der Waals surface area contributed by atoms with Gasteiger partial charge in [-0.1, -0.05) is 6.07 Å². The quantitative estimate of drug-likeness (QED) is 0.910. The first-order valence-electron chi connectivity index (χ1n) is 6.18. The molecule has 0 spiro atoms. The van der Waals surface area contributed by atoms with Crippen LogP contribution in [0.2, 0.25) is 0 Å². The Kier molecular flexibility index (Phi) is 3.49. The van der Waals surface area contributed by atoms with Crippen molar-refractivity contribution < 1.29 is 24.2 Å². The minimum atomic E-state index is -1.02. The summed E-state index contributed by atoms with van der Waals surface area (Å²) in [6.45, 7) is 0.838. The third kappa shape index (κ3) is 2.68. The maximum atomic E-state index is 12.3. The summed E-state index contributed by atoms with van der Waals surface area (Å²) in [5, 5.41) is 12.0. The fourth-order valence-electron chi connectivity index (χ4n) is 1.95. The molecule has 0 saturated heterocycles. The number of nitrogens with one attached hydrogen (secondary N) is 1. The first kappa shape index (κ1) is 13.4. The van der Waals surface area contributed by atoms with Gasteiger partial charge in [-0.15, -0.1) is 11.3 Å². The van der Waals surface area contributed by atoms with Crippen LogP contribution >= 0.6 is 11.3 Å². The molecule has 108 valence electrons. The van der Waals surface area contributed by atoms with Gasteiger partial charge in [-0.05, 0) is 24.3 Å². The molecule has 0 atom stereocenters. The van der Waals surface area contributed by atoms with Crippen molar-refractivity contribution in [3.63, 3.8) is 0 Å². The number of rotatable bonds is 3. The molecule has 1 aromatic carbocycles. The number of para-hydroxylation sites is 1. The monoisotopic (exact) mass is 305 g/mol. The van der Waals surface area contributed by atoms with Crippen molar-refractivity contribution >= 4 is 28.2 Å². The van der Waals surface area contributed by atoms with Crippen molar-refractivity contribution in [1.29, 1.82) is 0 Å². The molecule has 2 N–H and O–H groups in total. The lowest BCUT2D eigenvalue weighted by molar-refractivity contribution is 0.0702. The molecule has 0 bridgehead atoms. The molecule has 7 heteroatoms. The minimum absolute atomic E-state index is 0.167. The van der Waals surface area contributed by atoms with Crippen LogP contribution in [0, 0.1) is 0 Å². The second kappa shape index (κ2) is 5.45. The third-order valence-electron chi connectivity index (χ3n) is 2.86. The maximum Gasteiger partial charge on any atom is 0.345 e. The summed E-state index contributed by atoms with van der Waals surface area (Å²) in [6, 6.07) is 8.08. The number of fused-ring (bicyclic) bond motifs is 1. The van der Waals surface area contributed by atoms with E-state index in [1.807, 2.05) is 0 Å². The van der Waals surface area contributed by atoms with E-state index < -0.39 is 5.97 Å². The number of carboxylic acids is 1. The Morgan fingerprint density at radius 1 is 1.14 bits per heavy atom. The molecule has 1 aliphatic heterocycles. The molecule has 2 aromatic rings. The van der Waals surface area contributed by atoms with Crippen molar-refractivity contribution in [2.75, 3.05) is 18.5 Å². The number of anilines is 1. The van der Waals surface area contributed by atoms with Gasteiger partial charge >= 0.3 is 5.97 Å². The number of hydrogen-bond acceptors (Lipinski definition) is 5. The molecule has 0 fully saturated rings. The lowest BCUT2D eigenvalue weighted by atomic mass is 10.1. The van der Waals surface area contributed by atoms with E-state index in [-0.39, 0.29) is 10.8 Å². The van der Waals surface area contributed by atoms with Crippen molar-refractivity contribution in [3.05, 3.63) is 40.8 Å². The highest BCUT2D eigenvalue weighted by Crippen LogP contribution is 2.34. The number of aromatic carboxylic acids is 1. The van der Waals surface area contributed by atoms with Crippen molar-refractivity contribution in [3.8, 4) is 11.5 Å². The van der Waals surface area contributed by atoms with Crippen LogP contribution in [0.15, 0.2) is 30.3 Å². The smallest absolute Gasteiger partial charge is 0.345 e. The molecule has 1 aliphatic rings. The molecule has 0 radical (unpaired) electrons. The number of carbonyl (C=O) groups is 2. The predicted molar refractivity (Wildman–Crippen MR) is 76.7 cm³/mol. The largest absolute Gasteiger partial charge is 0.486 e. The van der Waals surface area contributed by atoms with E-state index >= 15 is 0 Å². The highest BCUT2D eigenvalue weighted by molar-refractivity contribution is 7.18. The van der Waals surface area contributed by atoms with Crippen LogP contribution in [-0.4, -0.2) is 30.2 Å². The van der Waals surface area contributed by atoms with Gasteiger partial charge in [0.2, 0.25) is 0 Å². The fourth-order valence-corrected chi connectivity index (χ4v) is 2.69. The molecule has 1 amide bonds. The van der Waals surface area contributed by atoms with E-state index in [9.17, 15) is 9.59 Å². The Balaban J connectivity index is 1.83. The second-order valence-corrected chi connectivity index (χ2v) is 5.34. The summed E-state index contributed by atoms with van der Waals surface area (Å²) < 4.78 is 10.9. The Bertz CT molecular complexity index is 709. The van der Waals surface area contributed by atoms with Crippen LogP contribution in [-0.2, 0) is 0 Å². The summed E-state index contributed by atoms with van der Waals surface area (Å²) >= 11 is 0.998. The minimum Gasteiger partial charge on any atom is -0.486 e. The number of carbonyl (C=O) groups excluding carboxylic acids is 1. The van der Waals surface area contributed by atoms with Crippen molar-refractivity contribution in [2.45, 2.75) is 0 Å². The van der Waals surface area contributed by atoms with Crippen LogP contribution < -0.4 is 14.8 Å². The molecular formula is C14H11NO5S. The zero-order valence-electron chi connectivity index (χ0n) is 10.8. The van der Waals surface area contributed by atoms with Gasteiger partial charge in [-0.2, -0.15) is 0 Å². The van der Waals surface area contributed by atoms with Crippen LogP contribution in [0.3, 0.4) is 0 Å². The van der Waals surface area contributed by atoms with Gasteiger partial charge in [-0.3, -0.25) is 4.79 Å².